The van der Waals surface area contributed by atoms with Crippen LogP contribution in [0.4, 0.5) is 4.39 Å². The fraction of sp³-hybridized carbons (Fsp3) is 0.227. The molecule has 0 radical (unpaired) electrons. The molecule has 0 heterocycles. The molecule has 3 aromatic rings. The number of aliphatic carboxylic acids is 1. The van der Waals surface area contributed by atoms with Gasteiger partial charge in [0, 0.05) is 5.39 Å². The Labute approximate surface area is 168 Å². The number of carbonyl (C=O) groups is 1. The summed E-state index contributed by atoms with van der Waals surface area (Å²) >= 11 is 0. The average Bonchev–Trinajstić information content (AvgIpc) is 2.65. The molecule has 3 rings (SSSR count). The summed E-state index contributed by atoms with van der Waals surface area (Å²) in [6.45, 7) is 4.94. The minimum Gasteiger partial charge on any atom is -0.481 e. The maximum Gasteiger partial charge on any atom is 0.307 e. The first-order chi connectivity index (χ1) is 13.6. The molecule has 0 saturated heterocycles. The zero-order valence-corrected chi connectivity index (χ0v) is 17.1. The third-order valence-electron chi connectivity index (χ3n) is 4.75. The Morgan fingerprint density at radius 3 is 2.34 bits per heavy atom. The van der Waals surface area contributed by atoms with Crippen molar-refractivity contribution in [1.82, 2.24) is 0 Å². The van der Waals surface area contributed by atoms with Crippen LogP contribution in [0.1, 0.15) is 25.0 Å². The largest absolute Gasteiger partial charge is 0.481 e. The van der Waals surface area contributed by atoms with Crippen molar-refractivity contribution in [2.24, 2.45) is 0 Å². The predicted octanol–water partition coefficient (Wildman–Crippen LogP) is 4.89. The standard InChI is InChI=1S/C22H21FO5S/c1-13(2)29(26,27)19-8-6-18(7-9-19)28-22-14(3)16(11-21(24)25)10-15-4-5-17(23)12-20(15)22/h4-10,12-13H,11H2,1-3H3,(H,24,25). The van der Waals surface area contributed by atoms with Gasteiger partial charge in [0.1, 0.15) is 17.3 Å². The number of sulfone groups is 1. The van der Waals surface area contributed by atoms with Gasteiger partial charge in [-0.1, -0.05) is 12.1 Å². The van der Waals surface area contributed by atoms with Crippen LogP contribution >= 0.6 is 0 Å². The number of carboxylic acids is 1. The summed E-state index contributed by atoms with van der Waals surface area (Å²) in [4.78, 5) is 11.4. The van der Waals surface area contributed by atoms with Crippen molar-refractivity contribution >= 4 is 26.6 Å². The summed E-state index contributed by atoms with van der Waals surface area (Å²) in [7, 11) is -3.41. The highest BCUT2D eigenvalue weighted by molar-refractivity contribution is 7.92. The number of rotatable bonds is 6. The second-order valence-electron chi connectivity index (χ2n) is 7.09. The Morgan fingerprint density at radius 1 is 1.10 bits per heavy atom. The van der Waals surface area contributed by atoms with Crippen molar-refractivity contribution in [2.75, 3.05) is 0 Å². The quantitative estimate of drug-likeness (QED) is 0.619. The highest BCUT2D eigenvalue weighted by Gasteiger charge is 2.19. The van der Waals surface area contributed by atoms with E-state index in [1.54, 1.807) is 32.9 Å². The number of carboxylic acid groups (broad SMARTS) is 1. The normalized spacial score (nSPS) is 11.8. The van der Waals surface area contributed by atoms with E-state index in [9.17, 15) is 22.7 Å². The topological polar surface area (TPSA) is 80.7 Å². The van der Waals surface area contributed by atoms with E-state index in [4.69, 9.17) is 4.74 Å². The lowest BCUT2D eigenvalue weighted by atomic mass is 9.98. The van der Waals surface area contributed by atoms with E-state index in [0.717, 1.165) is 0 Å². The number of fused-ring (bicyclic) bond motifs is 1. The van der Waals surface area contributed by atoms with E-state index < -0.39 is 26.9 Å². The molecule has 0 bridgehead atoms. The molecule has 0 amide bonds. The van der Waals surface area contributed by atoms with Gasteiger partial charge in [-0.15, -0.1) is 0 Å². The Hall–Kier alpha value is -2.93. The smallest absolute Gasteiger partial charge is 0.307 e. The van der Waals surface area contributed by atoms with Crippen LogP contribution in [0.2, 0.25) is 0 Å². The molecule has 7 heteroatoms. The molecule has 0 atom stereocenters. The molecule has 1 N–H and O–H groups in total. The maximum atomic E-state index is 13.8. The van der Waals surface area contributed by atoms with E-state index in [1.165, 1.54) is 36.4 Å². The van der Waals surface area contributed by atoms with Crippen molar-refractivity contribution in [2.45, 2.75) is 37.3 Å². The average molecular weight is 416 g/mol. The van der Waals surface area contributed by atoms with Crippen LogP contribution in [0.25, 0.3) is 10.8 Å². The summed E-state index contributed by atoms with van der Waals surface area (Å²) in [5.74, 6) is -0.707. The molecule has 152 valence electrons. The second-order valence-corrected chi connectivity index (χ2v) is 9.60. The lowest BCUT2D eigenvalue weighted by Gasteiger charge is -2.16. The highest BCUT2D eigenvalue weighted by Crippen LogP contribution is 2.36. The SMILES string of the molecule is Cc1c(CC(=O)O)cc2ccc(F)cc2c1Oc1ccc(S(=O)(=O)C(C)C)cc1. The summed E-state index contributed by atoms with van der Waals surface area (Å²) in [5, 5.41) is 9.80. The van der Waals surface area contributed by atoms with Gasteiger partial charge in [0.15, 0.2) is 9.84 Å². The van der Waals surface area contributed by atoms with Crippen molar-refractivity contribution in [1.29, 1.82) is 0 Å². The zero-order valence-electron chi connectivity index (χ0n) is 16.3. The van der Waals surface area contributed by atoms with Crippen LogP contribution in [-0.4, -0.2) is 24.7 Å². The third-order valence-corrected chi connectivity index (χ3v) is 6.92. The number of halogens is 1. The zero-order chi connectivity index (χ0) is 21.3. The van der Waals surface area contributed by atoms with E-state index in [-0.39, 0.29) is 11.3 Å². The molecule has 0 saturated carbocycles. The molecular weight excluding hydrogens is 395 g/mol. The van der Waals surface area contributed by atoms with Gasteiger partial charge in [-0.3, -0.25) is 4.79 Å². The van der Waals surface area contributed by atoms with Crippen molar-refractivity contribution < 1.29 is 27.4 Å². The van der Waals surface area contributed by atoms with E-state index in [2.05, 4.69) is 0 Å². The molecule has 0 fully saturated rings. The van der Waals surface area contributed by atoms with Gasteiger partial charge in [0.25, 0.3) is 0 Å². The van der Waals surface area contributed by atoms with Crippen LogP contribution in [0, 0.1) is 12.7 Å². The third kappa shape index (κ3) is 4.24. The molecule has 0 aliphatic carbocycles. The first-order valence-corrected chi connectivity index (χ1v) is 10.6. The van der Waals surface area contributed by atoms with E-state index >= 15 is 0 Å². The molecule has 5 nitrogen and oxygen atoms in total. The first kappa shape index (κ1) is 20.8. The van der Waals surface area contributed by atoms with Crippen LogP contribution in [-0.2, 0) is 21.1 Å². The second kappa shape index (κ2) is 7.83. The van der Waals surface area contributed by atoms with Gasteiger partial charge in [0.05, 0.1) is 16.6 Å². The predicted molar refractivity (Wildman–Crippen MR) is 109 cm³/mol. The minimum absolute atomic E-state index is 0.187. The summed E-state index contributed by atoms with van der Waals surface area (Å²) in [5.41, 5.74) is 1.15. The molecular formula is C22H21FO5S. The lowest BCUT2D eigenvalue weighted by Crippen LogP contribution is -2.13. The minimum atomic E-state index is -3.41. The Balaban J connectivity index is 2.08. The number of hydrogen-bond acceptors (Lipinski definition) is 4. The fourth-order valence-corrected chi connectivity index (χ4v) is 4.12. The molecule has 3 aromatic carbocycles. The van der Waals surface area contributed by atoms with Crippen LogP contribution < -0.4 is 4.74 Å². The molecule has 0 aromatic heterocycles. The maximum absolute atomic E-state index is 13.8. The summed E-state index contributed by atoms with van der Waals surface area (Å²) < 4.78 is 44.4. The molecule has 0 aliphatic rings. The highest BCUT2D eigenvalue weighted by atomic mass is 32.2. The van der Waals surface area contributed by atoms with Crippen LogP contribution in [0.5, 0.6) is 11.5 Å². The van der Waals surface area contributed by atoms with Crippen LogP contribution in [0.15, 0.2) is 53.4 Å². The van der Waals surface area contributed by atoms with Crippen molar-refractivity contribution in [3.05, 3.63) is 65.5 Å². The monoisotopic (exact) mass is 416 g/mol. The molecule has 29 heavy (non-hydrogen) atoms. The van der Waals surface area contributed by atoms with Gasteiger partial charge >= 0.3 is 5.97 Å². The van der Waals surface area contributed by atoms with Gasteiger partial charge in [-0.25, -0.2) is 12.8 Å². The van der Waals surface area contributed by atoms with Gasteiger partial charge < -0.3 is 9.84 Å². The number of benzene rings is 3. The molecule has 0 spiro atoms. The Morgan fingerprint density at radius 2 is 1.76 bits per heavy atom. The van der Waals surface area contributed by atoms with E-state index in [1.807, 2.05) is 0 Å². The first-order valence-electron chi connectivity index (χ1n) is 9.05. The Kier molecular flexibility index (Phi) is 5.61. The number of hydrogen-bond donors (Lipinski definition) is 1. The van der Waals surface area contributed by atoms with Crippen molar-refractivity contribution in [3.8, 4) is 11.5 Å². The summed E-state index contributed by atoms with van der Waals surface area (Å²) in [6, 6.07) is 11.9. The van der Waals surface area contributed by atoms with Gasteiger partial charge in [0.2, 0.25) is 0 Å². The van der Waals surface area contributed by atoms with Crippen molar-refractivity contribution in [3.63, 3.8) is 0 Å². The summed E-state index contributed by atoms with van der Waals surface area (Å²) in [6.07, 6.45) is -0.193. The Bertz CT molecular complexity index is 1180. The molecule has 0 unspecified atom stereocenters. The van der Waals surface area contributed by atoms with Crippen LogP contribution in [0.3, 0.4) is 0 Å². The molecule has 0 aliphatic heterocycles. The van der Waals surface area contributed by atoms with Gasteiger partial charge in [-0.2, -0.15) is 0 Å². The number of ether oxygens (including phenoxy) is 1. The van der Waals surface area contributed by atoms with E-state index in [0.29, 0.717) is 33.4 Å². The fourth-order valence-electron chi connectivity index (χ4n) is 3.06. The lowest BCUT2D eigenvalue weighted by molar-refractivity contribution is -0.136. The van der Waals surface area contributed by atoms with Gasteiger partial charge in [-0.05, 0) is 73.7 Å².